The largest absolute Gasteiger partial charge is 0.497 e. The molecule has 3 rings (SSSR count). The van der Waals surface area contributed by atoms with Crippen molar-refractivity contribution in [1.29, 1.82) is 5.26 Å². The van der Waals surface area contributed by atoms with Crippen LogP contribution in [0.1, 0.15) is 29.2 Å². The summed E-state index contributed by atoms with van der Waals surface area (Å²) in [4.78, 5) is 0. The number of hydrogen-bond acceptors (Lipinski definition) is 3. The van der Waals surface area contributed by atoms with Gasteiger partial charge in [-0.2, -0.15) is 5.26 Å². The molecule has 1 N–H and O–H groups in total. The minimum absolute atomic E-state index is 0.118. The molecule has 2 aromatic carbocycles. The fourth-order valence-electron chi connectivity index (χ4n) is 2.78. The van der Waals surface area contributed by atoms with Gasteiger partial charge in [-0.05, 0) is 54.3 Å². The summed E-state index contributed by atoms with van der Waals surface area (Å²) in [6.45, 7) is 0. The average molecular weight is 282 g/mol. The van der Waals surface area contributed by atoms with Crippen LogP contribution in [0.2, 0.25) is 0 Å². The van der Waals surface area contributed by atoms with Gasteiger partial charge in [0, 0.05) is 0 Å². The van der Waals surface area contributed by atoms with Crippen molar-refractivity contribution in [2.45, 2.75) is 18.9 Å². The number of methoxy groups -OCH3 is 1. The molecule has 1 atom stereocenters. The molecule has 4 heteroatoms. The fraction of sp³-hybridized carbons (Fsp3) is 0.235. The Labute approximate surface area is 123 Å². The Morgan fingerprint density at radius 1 is 1.29 bits per heavy atom. The maximum absolute atomic E-state index is 13.2. The van der Waals surface area contributed by atoms with E-state index >= 15 is 0 Å². The summed E-state index contributed by atoms with van der Waals surface area (Å²) in [6.07, 6.45) is 1.94. The molecule has 106 valence electrons. The Bertz CT molecular complexity index is 721. The number of rotatable bonds is 3. The van der Waals surface area contributed by atoms with Crippen LogP contribution in [0.5, 0.6) is 5.75 Å². The Kier molecular flexibility index (Phi) is 3.49. The highest BCUT2D eigenvalue weighted by Gasteiger charge is 2.23. The molecular weight excluding hydrogens is 267 g/mol. The average Bonchev–Trinajstić information content (AvgIpc) is 2.91. The van der Waals surface area contributed by atoms with Crippen LogP contribution in [0.3, 0.4) is 0 Å². The predicted molar refractivity (Wildman–Crippen MR) is 78.8 cm³/mol. The van der Waals surface area contributed by atoms with Crippen LogP contribution in [-0.2, 0) is 6.42 Å². The van der Waals surface area contributed by atoms with Gasteiger partial charge in [0.15, 0.2) is 0 Å². The highest BCUT2D eigenvalue weighted by molar-refractivity contribution is 5.59. The van der Waals surface area contributed by atoms with E-state index < -0.39 is 5.82 Å². The zero-order valence-electron chi connectivity index (χ0n) is 11.7. The highest BCUT2D eigenvalue weighted by atomic mass is 19.1. The molecule has 0 amide bonds. The molecule has 1 aliphatic rings. The number of nitrogens with zero attached hydrogens (tertiary/aromatic N) is 1. The molecule has 2 aromatic rings. The van der Waals surface area contributed by atoms with Crippen molar-refractivity contribution in [3.8, 4) is 11.8 Å². The van der Waals surface area contributed by atoms with Gasteiger partial charge in [-0.25, -0.2) is 4.39 Å². The second-order valence-electron chi connectivity index (χ2n) is 5.10. The molecule has 0 aromatic heterocycles. The summed E-state index contributed by atoms with van der Waals surface area (Å²) in [7, 11) is 1.65. The lowest BCUT2D eigenvalue weighted by atomic mass is 10.1. The number of benzene rings is 2. The predicted octanol–water partition coefficient (Wildman–Crippen LogP) is 3.81. The topological polar surface area (TPSA) is 45.0 Å². The molecule has 0 heterocycles. The van der Waals surface area contributed by atoms with Crippen molar-refractivity contribution in [3.63, 3.8) is 0 Å². The van der Waals surface area contributed by atoms with E-state index in [9.17, 15) is 4.39 Å². The van der Waals surface area contributed by atoms with Crippen molar-refractivity contribution in [2.24, 2.45) is 0 Å². The number of ether oxygens (including phenoxy) is 1. The lowest BCUT2D eigenvalue weighted by Crippen LogP contribution is -2.08. The maximum atomic E-state index is 13.2. The minimum Gasteiger partial charge on any atom is -0.497 e. The van der Waals surface area contributed by atoms with Crippen LogP contribution in [0.15, 0.2) is 36.4 Å². The van der Waals surface area contributed by atoms with Gasteiger partial charge < -0.3 is 10.1 Å². The Morgan fingerprint density at radius 3 is 2.90 bits per heavy atom. The molecule has 0 radical (unpaired) electrons. The standard InChI is InChI=1S/C17H15FN2O/c1-21-14-5-2-11-3-6-17(15(11)9-14)20-16-7-4-13(18)8-12(16)10-19/h2,4-5,7-9,17,20H,3,6H2,1H3. The van der Waals surface area contributed by atoms with E-state index in [1.807, 2.05) is 18.2 Å². The van der Waals surface area contributed by atoms with Gasteiger partial charge in [0.1, 0.15) is 17.6 Å². The fourth-order valence-corrected chi connectivity index (χ4v) is 2.78. The monoisotopic (exact) mass is 282 g/mol. The molecule has 1 unspecified atom stereocenters. The molecule has 0 bridgehead atoms. The summed E-state index contributed by atoms with van der Waals surface area (Å²) >= 11 is 0. The van der Waals surface area contributed by atoms with E-state index in [1.54, 1.807) is 13.2 Å². The summed E-state index contributed by atoms with van der Waals surface area (Å²) in [5.41, 5.74) is 3.46. The van der Waals surface area contributed by atoms with Crippen LogP contribution < -0.4 is 10.1 Å². The first-order valence-corrected chi connectivity index (χ1v) is 6.84. The molecular formula is C17H15FN2O. The SMILES string of the molecule is COc1ccc2c(c1)C(Nc1ccc(F)cc1C#N)CC2. The maximum Gasteiger partial charge on any atom is 0.124 e. The van der Waals surface area contributed by atoms with E-state index in [0.29, 0.717) is 11.3 Å². The number of fused-ring (bicyclic) bond motifs is 1. The van der Waals surface area contributed by atoms with Crippen LogP contribution in [0.4, 0.5) is 10.1 Å². The van der Waals surface area contributed by atoms with Crippen molar-refractivity contribution in [2.75, 3.05) is 12.4 Å². The number of aryl methyl sites for hydroxylation is 1. The summed E-state index contributed by atoms with van der Waals surface area (Å²) in [6, 6.07) is 12.4. The molecule has 0 saturated heterocycles. The number of anilines is 1. The Morgan fingerprint density at radius 2 is 2.14 bits per heavy atom. The van der Waals surface area contributed by atoms with Gasteiger partial charge in [-0.3, -0.25) is 0 Å². The number of hydrogen-bond donors (Lipinski definition) is 1. The second-order valence-corrected chi connectivity index (χ2v) is 5.10. The smallest absolute Gasteiger partial charge is 0.124 e. The van der Waals surface area contributed by atoms with Gasteiger partial charge in [0.2, 0.25) is 0 Å². The van der Waals surface area contributed by atoms with Gasteiger partial charge >= 0.3 is 0 Å². The van der Waals surface area contributed by atoms with Gasteiger partial charge in [0.05, 0.1) is 24.4 Å². The molecule has 0 aliphatic heterocycles. The quantitative estimate of drug-likeness (QED) is 0.931. The van der Waals surface area contributed by atoms with E-state index in [2.05, 4.69) is 11.4 Å². The van der Waals surface area contributed by atoms with E-state index in [-0.39, 0.29) is 6.04 Å². The zero-order chi connectivity index (χ0) is 14.8. The first-order chi connectivity index (χ1) is 10.2. The summed E-state index contributed by atoms with van der Waals surface area (Å²) in [5, 5.41) is 12.5. The molecule has 3 nitrogen and oxygen atoms in total. The van der Waals surface area contributed by atoms with Crippen molar-refractivity contribution >= 4 is 5.69 Å². The lowest BCUT2D eigenvalue weighted by Gasteiger charge is -2.17. The van der Waals surface area contributed by atoms with E-state index in [0.717, 1.165) is 18.6 Å². The second kappa shape index (κ2) is 5.45. The molecule has 0 spiro atoms. The summed E-state index contributed by atoms with van der Waals surface area (Å²) in [5.74, 6) is 0.424. The van der Waals surface area contributed by atoms with Crippen LogP contribution in [0, 0.1) is 17.1 Å². The van der Waals surface area contributed by atoms with Crippen molar-refractivity contribution in [1.82, 2.24) is 0 Å². The van der Waals surface area contributed by atoms with Gasteiger partial charge in [0.25, 0.3) is 0 Å². The van der Waals surface area contributed by atoms with E-state index in [1.165, 1.54) is 23.3 Å². The van der Waals surface area contributed by atoms with Crippen molar-refractivity contribution in [3.05, 3.63) is 58.9 Å². The van der Waals surface area contributed by atoms with Gasteiger partial charge in [-0.1, -0.05) is 6.07 Å². The van der Waals surface area contributed by atoms with Crippen molar-refractivity contribution < 1.29 is 9.13 Å². The van der Waals surface area contributed by atoms with Crippen LogP contribution in [-0.4, -0.2) is 7.11 Å². The number of halogens is 1. The van der Waals surface area contributed by atoms with E-state index in [4.69, 9.17) is 10.00 Å². The molecule has 0 saturated carbocycles. The zero-order valence-corrected chi connectivity index (χ0v) is 11.7. The van der Waals surface area contributed by atoms with Crippen LogP contribution >= 0.6 is 0 Å². The first-order valence-electron chi connectivity index (χ1n) is 6.84. The Hall–Kier alpha value is -2.54. The molecule has 1 aliphatic carbocycles. The lowest BCUT2D eigenvalue weighted by molar-refractivity contribution is 0.414. The third kappa shape index (κ3) is 2.55. The van der Waals surface area contributed by atoms with Crippen LogP contribution in [0.25, 0.3) is 0 Å². The van der Waals surface area contributed by atoms with Gasteiger partial charge in [-0.15, -0.1) is 0 Å². The third-order valence-corrected chi connectivity index (χ3v) is 3.86. The summed E-state index contributed by atoms with van der Waals surface area (Å²) < 4.78 is 18.5. The normalized spacial score (nSPS) is 16.1. The third-order valence-electron chi connectivity index (χ3n) is 3.86. The highest BCUT2D eigenvalue weighted by Crippen LogP contribution is 2.36. The molecule has 0 fully saturated rings. The minimum atomic E-state index is -0.398. The Balaban J connectivity index is 1.90. The number of nitrogens with one attached hydrogen (secondary N) is 1. The molecule has 21 heavy (non-hydrogen) atoms. The number of nitriles is 1. The first kappa shape index (κ1) is 13.4.